The van der Waals surface area contributed by atoms with Crippen LogP contribution < -0.4 is 5.32 Å². The van der Waals surface area contributed by atoms with Crippen molar-refractivity contribution in [2.45, 2.75) is 20.3 Å². The van der Waals surface area contributed by atoms with E-state index in [1.165, 1.54) is 6.20 Å². The second-order valence-electron chi connectivity index (χ2n) is 3.07. The molecule has 1 aromatic heterocycles. The number of hydrogen-bond acceptors (Lipinski definition) is 2. The number of carbonyl (C=O) groups is 1. The van der Waals surface area contributed by atoms with Crippen molar-refractivity contribution in [3.05, 3.63) is 28.5 Å². The third-order valence-electron chi connectivity index (χ3n) is 1.80. The van der Waals surface area contributed by atoms with Crippen LogP contribution in [0.1, 0.15) is 29.4 Å². The van der Waals surface area contributed by atoms with Crippen molar-refractivity contribution >= 4 is 17.5 Å². The quantitative estimate of drug-likeness (QED) is 0.835. The first-order chi connectivity index (χ1) is 6.65. The van der Waals surface area contributed by atoms with Gasteiger partial charge in [-0.3, -0.25) is 4.79 Å². The predicted molar refractivity (Wildman–Crippen MR) is 56.6 cm³/mol. The Morgan fingerprint density at radius 1 is 1.64 bits per heavy atom. The Kier molecular flexibility index (Phi) is 3.89. The maximum atomic E-state index is 11.5. The highest BCUT2D eigenvalue weighted by molar-refractivity contribution is 6.30. The largest absolute Gasteiger partial charge is 0.351 e. The van der Waals surface area contributed by atoms with Gasteiger partial charge in [-0.05, 0) is 25.0 Å². The second-order valence-corrected chi connectivity index (χ2v) is 3.51. The lowest BCUT2D eigenvalue weighted by Gasteiger charge is -2.05. The molecule has 0 fully saturated rings. The Hall–Kier alpha value is -1.09. The summed E-state index contributed by atoms with van der Waals surface area (Å²) in [4.78, 5) is 15.5. The van der Waals surface area contributed by atoms with Gasteiger partial charge in [0, 0.05) is 12.7 Å². The second kappa shape index (κ2) is 4.96. The zero-order chi connectivity index (χ0) is 10.6. The van der Waals surface area contributed by atoms with Crippen molar-refractivity contribution in [1.29, 1.82) is 0 Å². The van der Waals surface area contributed by atoms with Crippen LogP contribution in [-0.2, 0) is 0 Å². The molecule has 0 unspecified atom stereocenters. The highest BCUT2D eigenvalue weighted by Crippen LogP contribution is 2.11. The number of carbonyl (C=O) groups excluding carboxylic acids is 1. The number of aromatic nitrogens is 1. The van der Waals surface area contributed by atoms with E-state index in [0.717, 1.165) is 12.0 Å². The Labute approximate surface area is 88.5 Å². The minimum absolute atomic E-state index is 0.138. The summed E-state index contributed by atoms with van der Waals surface area (Å²) in [5.41, 5.74) is 1.24. The van der Waals surface area contributed by atoms with E-state index in [2.05, 4.69) is 10.3 Å². The van der Waals surface area contributed by atoms with Gasteiger partial charge in [0.2, 0.25) is 0 Å². The average molecular weight is 213 g/mol. The maximum Gasteiger partial charge on any atom is 0.270 e. The number of nitrogens with one attached hydrogen (secondary N) is 1. The van der Waals surface area contributed by atoms with Gasteiger partial charge in [0.05, 0.1) is 5.02 Å². The molecule has 76 valence electrons. The van der Waals surface area contributed by atoms with Crippen LogP contribution in [-0.4, -0.2) is 17.4 Å². The molecule has 0 aromatic carbocycles. The number of rotatable bonds is 3. The maximum absolute atomic E-state index is 11.5. The van der Waals surface area contributed by atoms with Gasteiger partial charge in [-0.15, -0.1) is 0 Å². The average Bonchev–Trinajstić information content (AvgIpc) is 2.14. The first-order valence-electron chi connectivity index (χ1n) is 4.55. The molecule has 4 heteroatoms. The van der Waals surface area contributed by atoms with Crippen molar-refractivity contribution < 1.29 is 4.79 Å². The minimum atomic E-state index is -0.138. The molecular weight excluding hydrogens is 200 g/mol. The highest BCUT2D eigenvalue weighted by Gasteiger charge is 2.09. The molecule has 0 saturated heterocycles. The SMILES string of the molecule is CCCNC(=O)c1ncc(Cl)cc1C. The topological polar surface area (TPSA) is 42.0 Å². The van der Waals surface area contributed by atoms with Gasteiger partial charge >= 0.3 is 0 Å². The number of pyridine rings is 1. The van der Waals surface area contributed by atoms with E-state index in [1.54, 1.807) is 6.07 Å². The molecular formula is C10H13ClN2O. The predicted octanol–water partition coefficient (Wildman–Crippen LogP) is 2.18. The lowest BCUT2D eigenvalue weighted by molar-refractivity contribution is 0.0948. The Bertz CT molecular complexity index is 339. The molecule has 1 heterocycles. The summed E-state index contributed by atoms with van der Waals surface area (Å²) < 4.78 is 0. The zero-order valence-electron chi connectivity index (χ0n) is 8.30. The summed E-state index contributed by atoms with van der Waals surface area (Å²) in [6.45, 7) is 4.49. The van der Waals surface area contributed by atoms with Crippen LogP contribution >= 0.6 is 11.6 Å². The molecule has 0 aliphatic rings. The summed E-state index contributed by atoms with van der Waals surface area (Å²) in [7, 11) is 0. The number of nitrogens with zero attached hydrogens (tertiary/aromatic N) is 1. The third kappa shape index (κ3) is 2.70. The van der Waals surface area contributed by atoms with Crippen LogP contribution in [0.3, 0.4) is 0 Å². The third-order valence-corrected chi connectivity index (χ3v) is 2.00. The molecule has 0 aliphatic carbocycles. The summed E-state index contributed by atoms with van der Waals surface area (Å²) in [5, 5.41) is 3.31. The van der Waals surface area contributed by atoms with Crippen LogP contribution in [0.25, 0.3) is 0 Å². The lowest BCUT2D eigenvalue weighted by Crippen LogP contribution is -2.25. The molecule has 1 amide bonds. The van der Waals surface area contributed by atoms with Crippen LogP contribution in [0.5, 0.6) is 0 Å². The van der Waals surface area contributed by atoms with Gasteiger partial charge in [0.25, 0.3) is 5.91 Å². The summed E-state index contributed by atoms with van der Waals surface area (Å²) in [5.74, 6) is -0.138. The van der Waals surface area contributed by atoms with Gasteiger partial charge in [-0.2, -0.15) is 0 Å². The molecule has 14 heavy (non-hydrogen) atoms. The first kappa shape index (κ1) is 11.0. The van der Waals surface area contributed by atoms with Gasteiger partial charge in [0.15, 0.2) is 0 Å². The van der Waals surface area contributed by atoms with E-state index in [4.69, 9.17) is 11.6 Å². The van der Waals surface area contributed by atoms with Crippen molar-refractivity contribution in [2.75, 3.05) is 6.54 Å². The van der Waals surface area contributed by atoms with Crippen molar-refractivity contribution in [2.24, 2.45) is 0 Å². The summed E-state index contributed by atoms with van der Waals surface area (Å²) in [6, 6.07) is 1.73. The van der Waals surface area contributed by atoms with E-state index < -0.39 is 0 Å². The monoisotopic (exact) mass is 212 g/mol. The van der Waals surface area contributed by atoms with Gasteiger partial charge < -0.3 is 5.32 Å². The molecule has 1 aromatic rings. The van der Waals surface area contributed by atoms with E-state index >= 15 is 0 Å². The van der Waals surface area contributed by atoms with Gasteiger partial charge in [0.1, 0.15) is 5.69 Å². The fraction of sp³-hybridized carbons (Fsp3) is 0.400. The van der Waals surface area contributed by atoms with Crippen LogP contribution in [0.15, 0.2) is 12.3 Å². The molecule has 1 rings (SSSR count). The molecule has 0 bridgehead atoms. The lowest BCUT2D eigenvalue weighted by atomic mass is 10.2. The smallest absolute Gasteiger partial charge is 0.270 e. The molecule has 1 N–H and O–H groups in total. The van der Waals surface area contributed by atoms with Crippen LogP contribution in [0.4, 0.5) is 0 Å². The standard InChI is InChI=1S/C10H13ClN2O/c1-3-4-12-10(14)9-7(2)5-8(11)6-13-9/h5-6H,3-4H2,1-2H3,(H,12,14). The molecule has 0 radical (unpaired) electrons. The fourth-order valence-corrected chi connectivity index (χ4v) is 1.31. The van der Waals surface area contributed by atoms with E-state index in [0.29, 0.717) is 17.3 Å². The van der Waals surface area contributed by atoms with E-state index in [1.807, 2.05) is 13.8 Å². The normalized spacial score (nSPS) is 9.93. The van der Waals surface area contributed by atoms with E-state index in [-0.39, 0.29) is 5.91 Å². The number of hydrogen-bond donors (Lipinski definition) is 1. The van der Waals surface area contributed by atoms with E-state index in [9.17, 15) is 4.79 Å². The van der Waals surface area contributed by atoms with Crippen molar-refractivity contribution in [1.82, 2.24) is 10.3 Å². The molecule has 0 saturated carbocycles. The summed E-state index contributed by atoms with van der Waals surface area (Å²) in [6.07, 6.45) is 2.40. The van der Waals surface area contributed by atoms with Crippen LogP contribution in [0, 0.1) is 6.92 Å². The Morgan fingerprint density at radius 2 is 2.36 bits per heavy atom. The van der Waals surface area contributed by atoms with Crippen molar-refractivity contribution in [3.63, 3.8) is 0 Å². The molecule has 0 atom stereocenters. The number of amides is 1. The molecule has 0 spiro atoms. The van der Waals surface area contributed by atoms with Crippen LogP contribution in [0.2, 0.25) is 5.02 Å². The highest BCUT2D eigenvalue weighted by atomic mass is 35.5. The summed E-state index contributed by atoms with van der Waals surface area (Å²) >= 11 is 5.73. The van der Waals surface area contributed by atoms with Crippen molar-refractivity contribution in [3.8, 4) is 0 Å². The van der Waals surface area contributed by atoms with Gasteiger partial charge in [-0.25, -0.2) is 4.98 Å². The first-order valence-corrected chi connectivity index (χ1v) is 4.93. The Morgan fingerprint density at radius 3 is 2.93 bits per heavy atom. The zero-order valence-corrected chi connectivity index (χ0v) is 9.06. The molecule has 0 aliphatic heterocycles. The van der Waals surface area contributed by atoms with Gasteiger partial charge in [-0.1, -0.05) is 18.5 Å². The molecule has 3 nitrogen and oxygen atoms in total. The Balaban J connectivity index is 2.80. The fourth-order valence-electron chi connectivity index (χ4n) is 1.10. The minimum Gasteiger partial charge on any atom is -0.351 e. The number of aryl methyl sites for hydroxylation is 1. The number of halogens is 1.